The lowest BCUT2D eigenvalue weighted by Gasteiger charge is -1.92. The Hall–Kier alpha value is -1.54. The fourth-order valence-electron chi connectivity index (χ4n) is 1.12. The Balaban J connectivity index is 2.15. The lowest BCUT2D eigenvalue weighted by atomic mass is 10.2. The first-order chi connectivity index (χ1) is 6.84. The van der Waals surface area contributed by atoms with Crippen LogP contribution in [0.2, 0.25) is 5.02 Å². The Morgan fingerprint density at radius 1 is 1.14 bits per heavy atom. The maximum Gasteiger partial charge on any atom is 0.0924 e. The summed E-state index contributed by atoms with van der Waals surface area (Å²) in [6, 6.07) is 7.67. The van der Waals surface area contributed by atoms with Gasteiger partial charge in [0.05, 0.1) is 18.2 Å². The van der Waals surface area contributed by atoms with E-state index < -0.39 is 0 Å². The van der Waals surface area contributed by atoms with E-state index in [0.29, 0.717) is 0 Å². The van der Waals surface area contributed by atoms with E-state index >= 15 is 0 Å². The highest BCUT2D eigenvalue weighted by Crippen LogP contribution is 2.11. The smallest absolute Gasteiger partial charge is 0.0924 e. The number of hydrogen-bond donors (Lipinski definition) is 1. The summed E-state index contributed by atoms with van der Waals surface area (Å²) in [6.45, 7) is 0. The normalized spacial score (nSPS) is 10.9. The monoisotopic (exact) mass is 204 g/mol. The molecule has 0 radical (unpaired) electrons. The maximum atomic E-state index is 5.77. The standard InChI is InChI=1S/C11H9ClN2/c12-10-4-1-9(2-5-10)3-6-11-7-13-8-14-11/h1-8H,(H,13,14)/b6-3-. The van der Waals surface area contributed by atoms with Crippen molar-refractivity contribution in [3.8, 4) is 0 Å². The molecule has 1 aromatic heterocycles. The second-order valence-corrected chi connectivity index (χ2v) is 3.33. The van der Waals surface area contributed by atoms with E-state index in [1.165, 1.54) is 0 Å². The minimum Gasteiger partial charge on any atom is -0.345 e. The summed E-state index contributed by atoms with van der Waals surface area (Å²) in [5.74, 6) is 0. The van der Waals surface area contributed by atoms with Crippen LogP contribution in [0, 0.1) is 0 Å². The number of imidazole rings is 1. The summed E-state index contributed by atoms with van der Waals surface area (Å²) in [5, 5.41) is 0.753. The van der Waals surface area contributed by atoms with Crippen molar-refractivity contribution in [3.05, 3.63) is 53.1 Å². The van der Waals surface area contributed by atoms with Gasteiger partial charge in [-0.2, -0.15) is 0 Å². The van der Waals surface area contributed by atoms with E-state index in [1.54, 1.807) is 12.5 Å². The van der Waals surface area contributed by atoms with Crippen molar-refractivity contribution in [1.29, 1.82) is 0 Å². The molecule has 0 aliphatic heterocycles. The molecule has 0 aliphatic rings. The third-order valence-corrected chi connectivity index (χ3v) is 2.10. The van der Waals surface area contributed by atoms with Crippen LogP contribution < -0.4 is 0 Å². The molecule has 0 amide bonds. The fourth-order valence-corrected chi connectivity index (χ4v) is 1.24. The van der Waals surface area contributed by atoms with Gasteiger partial charge in [0.1, 0.15) is 0 Å². The SMILES string of the molecule is Clc1ccc(/C=C\c2cnc[nH]2)cc1. The Labute approximate surface area is 87.3 Å². The summed E-state index contributed by atoms with van der Waals surface area (Å²) in [6.07, 6.45) is 7.40. The van der Waals surface area contributed by atoms with Crippen LogP contribution in [0.1, 0.15) is 11.3 Å². The number of nitrogens with one attached hydrogen (secondary N) is 1. The van der Waals surface area contributed by atoms with Gasteiger partial charge in [-0.15, -0.1) is 0 Å². The molecule has 1 heterocycles. The highest BCUT2D eigenvalue weighted by atomic mass is 35.5. The van der Waals surface area contributed by atoms with Gasteiger partial charge in [0.15, 0.2) is 0 Å². The third-order valence-electron chi connectivity index (χ3n) is 1.84. The molecule has 3 heteroatoms. The predicted molar refractivity (Wildman–Crippen MR) is 59.0 cm³/mol. The van der Waals surface area contributed by atoms with E-state index in [0.717, 1.165) is 16.3 Å². The maximum absolute atomic E-state index is 5.77. The van der Waals surface area contributed by atoms with Crippen LogP contribution in [0.25, 0.3) is 12.2 Å². The van der Waals surface area contributed by atoms with Crippen molar-refractivity contribution in [2.75, 3.05) is 0 Å². The van der Waals surface area contributed by atoms with Gasteiger partial charge >= 0.3 is 0 Å². The number of halogens is 1. The largest absolute Gasteiger partial charge is 0.345 e. The van der Waals surface area contributed by atoms with E-state index in [4.69, 9.17) is 11.6 Å². The summed E-state index contributed by atoms with van der Waals surface area (Å²) >= 11 is 5.77. The van der Waals surface area contributed by atoms with Crippen LogP contribution in [0.4, 0.5) is 0 Å². The lowest BCUT2D eigenvalue weighted by Crippen LogP contribution is -1.71. The molecule has 2 nitrogen and oxygen atoms in total. The number of aromatic amines is 1. The molecule has 0 atom stereocenters. The molecule has 0 spiro atoms. The quantitative estimate of drug-likeness (QED) is 0.800. The molecule has 0 fully saturated rings. The summed E-state index contributed by atoms with van der Waals surface area (Å²) in [7, 11) is 0. The first-order valence-electron chi connectivity index (χ1n) is 4.26. The van der Waals surface area contributed by atoms with Gasteiger partial charge < -0.3 is 4.98 Å². The van der Waals surface area contributed by atoms with Gasteiger partial charge in [-0.25, -0.2) is 4.98 Å². The number of rotatable bonds is 2. The summed E-state index contributed by atoms with van der Waals surface area (Å²) in [5.41, 5.74) is 2.10. The van der Waals surface area contributed by atoms with Crippen molar-refractivity contribution < 1.29 is 0 Å². The van der Waals surface area contributed by atoms with Crippen molar-refractivity contribution >= 4 is 23.8 Å². The number of benzene rings is 1. The molecule has 1 N–H and O–H groups in total. The first kappa shape index (κ1) is 9.03. The van der Waals surface area contributed by atoms with Crippen LogP contribution in [0.15, 0.2) is 36.8 Å². The van der Waals surface area contributed by atoms with Crippen LogP contribution in [-0.4, -0.2) is 9.97 Å². The molecule has 0 unspecified atom stereocenters. The van der Waals surface area contributed by atoms with Crippen LogP contribution in [0.5, 0.6) is 0 Å². The molecule has 0 saturated heterocycles. The molecule has 0 saturated carbocycles. The number of aromatic nitrogens is 2. The zero-order valence-electron chi connectivity index (χ0n) is 7.44. The average molecular weight is 205 g/mol. The molecular formula is C11H9ClN2. The number of nitrogens with zero attached hydrogens (tertiary/aromatic N) is 1. The van der Waals surface area contributed by atoms with E-state index in [1.807, 2.05) is 36.4 Å². The Morgan fingerprint density at radius 3 is 2.57 bits per heavy atom. The highest BCUT2D eigenvalue weighted by molar-refractivity contribution is 6.30. The molecule has 0 bridgehead atoms. The second kappa shape index (κ2) is 4.11. The van der Waals surface area contributed by atoms with Crippen LogP contribution in [-0.2, 0) is 0 Å². The molecule has 1 aromatic carbocycles. The van der Waals surface area contributed by atoms with Gasteiger partial charge in [-0.05, 0) is 23.8 Å². The molecule has 2 aromatic rings. The topological polar surface area (TPSA) is 28.7 Å². The van der Waals surface area contributed by atoms with Gasteiger partial charge in [0.25, 0.3) is 0 Å². The number of hydrogen-bond acceptors (Lipinski definition) is 1. The second-order valence-electron chi connectivity index (χ2n) is 2.89. The number of H-pyrrole nitrogens is 1. The minimum absolute atomic E-state index is 0.753. The van der Waals surface area contributed by atoms with Crippen molar-refractivity contribution in [1.82, 2.24) is 9.97 Å². The molecule has 14 heavy (non-hydrogen) atoms. The van der Waals surface area contributed by atoms with Gasteiger partial charge in [-0.1, -0.05) is 29.8 Å². The Kier molecular flexibility index (Phi) is 2.65. The summed E-state index contributed by atoms with van der Waals surface area (Å²) in [4.78, 5) is 6.92. The zero-order valence-corrected chi connectivity index (χ0v) is 8.20. The van der Waals surface area contributed by atoms with Gasteiger partial charge in [0, 0.05) is 5.02 Å². The van der Waals surface area contributed by atoms with Crippen LogP contribution >= 0.6 is 11.6 Å². The van der Waals surface area contributed by atoms with Gasteiger partial charge in [-0.3, -0.25) is 0 Å². The molecule has 70 valence electrons. The Bertz CT molecular complexity index is 415. The summed E-state index contributed by atoms with van der Waals surface area (Å²) < 4.78 is 0. The molecule has 0 aliphatic carbocycles. The molecule has 2 rings (SSSR count). The van der Waals surface area contributed by atoms with Gasteiger partial charge in [0.2, 0.25) is 0 Å². The Morgan fingerprint density at radius 2 is 1.93 bits per heavy atom. The first-order valence-corrected chi connectivity index (χ1v) is 4.64. The zero-order chi connectivity index (χ0) is 9.80. The highest BCUT2D eigenvalue weighted by Gasteiger charge is 1.88. The van der Waals surface area contributed by atoms with Crippen molar-refractivity contribution in [2.45, 2.75) is 0 Å². The average Bonchev–Trinajstić information content (AvgIpc) is 2.70. The fraction of sp³-hybridized carbons (Fsp3) is 0. The van der Waals surface area contributed by atoms with E-state index in [2.05, 4.69) is 9.97 Å². The molecular weight excluding hydrogens is 196 g/mol. The third kappa shape index (κ3) is 2.24. The lowest BCUT2D eigenvalue weighted by molar-refractivity contribution is 1.31. The minimum atomic E-state index is 0.753. The predicted octanol–water partition coefficient (Wildman–Crippen LogP) is 3.23. The van der Waals surface area contributed by atoms with E-state index in [-0.39, 0.29) is 0 Å². The van der Waals surface area contributed by atoms with Crippen molar-refractivity contribution in [3.63, 3.8) is 0 Å². The van der Waals surface area contributed by atoms with Crippen molar-refractivity contribution in [2.24, 2.45) is 0 Å². The van der Waals surface area contributed by atoms with E-state index in [9.17, 15) is 0 Å². The van der Waals surface area contributed by atoms with Crippen LogP contribution in [0.3, 0.4) is 0 Å².